The van der Waals surface area contributed by atoms with Crippen molar-refractivity contribution in [1.82, 2.24) is 0 Å². The van der Waals surface area contributed by atoms with Crippen LogP contribution in [0.4, 0.5) is 5.69 Å². The first-order valence-electron chi connectivity index (χ1n) is 8.02. The molecule has 136 valence electrons. The molecule has 0 fully saturated rings. The Kier molecular flexibility index (Phi) is 5.67. The molecule has 25 heavy (non-hydrogen) atoms. The minimum atomic E-state index is -3.19. The zero-order valence-corrected chi connectivity index (χ0v) is 15.4. The summed E-state index contributed by atoms with van der Waals surface area (Å²) in [6, 6.07) is 7.48. The van der Waals surface area contributed by atoms with Crippen molar-refractivity contribution in [3.8, 4) is 0 Å². The fourth-order valence-corrected chi connectivity index (χ4v) is 3.84. The first-order chi connectivity index (χ1) is 11.5. The molecule has 1 amide bonds. The van der Waals surface area contributed by atoms with E-state index < -0.39 is 28.3 Å². The Bertz CT molecular complexity index is 773. The molecule has 0 spiro atoms. The third-order valence-electron chi connectivity index (χ3n) is 3.83. The molecule has 7 heteroatoms. The number of carbonyl (C=O) groups excluding carboxylic acids is 2. The van der Waals surface area contributed by atoms with Crippen molar-refractivity contribution in [2.45, 2.75) is 32.6 Å². The number of benzene rings is 1. The third-order valence-corrected chi connectivity index (χ3v) is 5.30. The maximum atomic E-state index is 11.8. The third kappa shape index (κ3) is 6.01. The second-order valence-electron chi connectivity index (χ2n) is 7.16. The van der Waals surface area contributed by atoms with E-state index in [0.717, 1.165) is 11.0 Å². The maximum absolute atomic E-state index is 11.8. The van der Waals surface area contributed by atoms with E-state index in [0.29, 0.717) is 5.69 Å². The highest BCUT2D eigenvalue weighted by molar-refractivity contribution is 7.94. The van der Waals surface area contributed by atoms with Crippen LogP contribution in [0.5, 0.6) is 0 Å². The molecule has 1 N–H and O–H groups in total. The van der Waals surface area contributed by atoms with E-state index in [-0.39, 0.29) is 23.5 Å². The first-order valence-corrected chi connectivity index (χ1v) is 9.74. The lowest BCUT2D eigenvalue weighted by Crippen LogP contribution is -2.22. The van der Waals surface area contributed by atoms with Gasteiger partial charge in [0.25, 0.3) is 5.91 Å². The Balaban J connectivity index is 1.77. The van der Waals surface area contributed by atoms with Crippen LogP contribution in [0.25, 0.3) is 0 Å². The molecule has 0 saturated carbocycles. The molecule has 1 atom stereocenters. The summed E-state index contributed by atoms with van der Waals surface area (Å²) < 4.78 is 27.5. The Morgan fingerprint density at radius 1 is 1.20 bits per heavy atom. The van der Waals surface area contributed by atoms with Gasteiger partial charge in [0.1, 0.15) is 0 Å². The van der Waals surface area contributed by atoms with Crippen molar-refractivity contribution in [3.05, 3.63) is 41.3 Å². The summed E-state index contributed by atoms with van der Waals surface area (Å²) in [7, 11) is -3.19. The standard InChI is InChI=1S/C18H23NO5S/c1-18(2,3)14-4-6-15(7-5-14)19-16(20)11-24-17(21)10-13-8-9-25(22,23)12-13/h4-9,13H,10-12H2,1-3H3,(H,19,20). The van der Waals surface area contributed by atoms with Gasteiger partial charge in [0.2, 0.25) is 0 Å². The number of hydrogen-bond donors (Lipinski definition) is 1. The molecule has 1 aromatic rings. The molecule has 0 aromatic heterocycles. The van der Waals surface area contributed by atoms with Gasteiger partial charge in [-0.25, -0.2) is 8.42 Å². The zero-order valence-electron chi connectivity index (χ0n) is 14.6. The summed E-state index contributed by atoms with van der Waals surface area (Å²) >= 11 is 0. The highest BCUT2D eigenvalue weighted by atomic mass is 32.2. The van der Waals surface area contributed by atoms with E-state index in [9.17, 15) is 18.0 Å². The summed E-state index contributed by atoms with van der Waals surface area (Å²) in [6.45, 7) is 5.91. The van der Waals surface area contributed by atoms with E-state index in [2.05, 4.69) is 26.1 Å². The topological polar surface area (TPSA) is 89.5 Å². The summed E-state index contributed by atoms with van der Waals surface area (Å²) in [5, 5.41) is 3.77. The van der Waals surface area contributed by atoms with Crippen LogP contribution in [0.2, 0.25) is 0 Å². The fraction of sp³-hybridized carbons (Fsp3) is 0.444. The van der Waals surface area contributed by atoms with Crippen molar-refractivity contribution in [1.29, 1.82) is 0 Å². The Labute approximate surface area is 148 Å². The number of rotatable bonds is 5. The summed E-state index contributed by atoms with van der Waals surface area (Å²) in [6.07, 6.45) is 1.43. The number of ether oxygens (including phenoxy) is 1. The lowest BCUT2D eigenvalue weighted by Gasteiger charge is -2.19. The monoisotopic (exact) mass is 365 g/mol. The Morgan fingerprint density at radius 3 is 2.36 bits per heavy atom. The van der Waals surface area contributed by atoms with Crippen LogP contribution in [0.3, 0.4) is 0 Å². The van der Waals surface area contributed by atoms with Crippen LogP contribution < -0.4 is 5.32 Å². The Hall–Kier alpha value is -2.15. The van der Waals surface area contributed by atoms with Gasteiger partial charge in [-0.3, -0.25) is 9.59 Å². The molecule has 2 rings (SSSR count). The normalized spacial score (nSPS) is 18.8. The number of allylic oxidation sites excluding steroid dienone is 1. The SMILES string of the molecule is CC(C)(C)c1ccc(NC(=O)COC(=O)CC2C=CS(=O)(=O)C2)cc1. The molecule has 1 aliphatic rings. The highest BCUT2D eigenvalue weighted by Gasteiger charge is 2.24. The van der Waals surface area contributed by atoms with Crippen LogP contribution >= 0.6 is 0 Å². The second kappa shape index (κ2) is 7.39. The van der Waals surface area contributed by atoms with Crippen molar-refractivity contribution in [2.24, 2.45) is 5.92 Å². The number of sulfone groups is 1. The predicted octanol–water partition coefficient (Wildman–Crippen LogP) is 2.41. The van der Waals surface area contributed by atoms with Gasteiger partial charge in [-0.2, -0.15) is 0 Å². The maximum Gasteiger partial charge on any atom is 0.306 e. The smallest absolute Gasteiger partial charge is 0.306 e. The molecule has 1 unspecified atom stereocenters. The number of amides is 1. The van der Waals surface area contributed by atoms with Gasteiger partial charge in [0, 0.05) is 17.0 Å². The largest absolute Gasteiger partial charge is 0.456 e. The predicted molar refractivity (Wildman–Crippen MR) is 95.8 cm³/mol. The lowest BCUT2D eigenvalue weighted by atomic mass is 9.87. The Morgan fingerprint density at radius 2 is 1.84 bits per heavy atom. The molecule has 6 nitrogen and oxygen atoms in total. The summed E-state index contributed by atoms with van der Waals surface area (Å²) in [4.78, 5) is 23.5. The number of carbonyl (C=O) groups is 2. The van der Waals surface area contributed by atoms with Crippen LogP contribution in [0.15, 0.2) is 35.7 Å². The van der Waals surface area contributed by atoms with Crippen molar-refractivity contribution in [2.75, 3.05) is 17.7 Å². The second-order valence-corrected chi connectivity index (χ2v) is 9.09. The number of hydrogen-bond acceptors (Lipinski definition) is 5. The van der Waals surface area contributed by atoms with Crippen molar-refractivity contribution >= 4 is 27.4 Å². The van der Waals surface area contributed by atoms with E-state index in [1.807, 2.05) is 12.1 Å². The van der Waals surface area contributed by atoms with Crippen LogP contribution in [-0.2, 0) is 29.6 Å². The zero-order chi connectivity index (χ0) is 18.7. The molecule has 1 aromatic carbocycles. The molecule has 0 aliphatic carbocycles. The minimum Gasteiger partial charge on any atom is -0.456 e. The average Bonchev–Trinajstić information content (AvgIpc) is 2.83. The van der Waals surface area contributed by atoms with Gasteiger partial charge >= 0.3 is 5.97 Å². The summed E-state index contributed by atoms with van der Waals surface area (Å²) in [5.74, 6) is -1.50. The van der Waals surface area contributed by atoms with Crippen LogP contribution in [-0.4, -0.2) is 32.7 Å². The van der Waals surface area contributed by atoms with E-state index in [1.165, 1.54) is 6.08 Å². The number of nitrogens with one attached hydrogen (secondary N) is 1. The van der Waals surface area contributed by atoms with Crippen LogP contribution in [0.1, 0.15) is 32.8 Å². The van der Waals surface area contributed by atoms with Crippen LogP contribution in [0, 0.1) is 5.92 Å². The molecular weight excluding hydrogens is 342 g/mol. The van der Waals surface area contributed by atoms with Gasteiger partial charge in [-0.1, -0.05) is 39.0 Å². The molecule has 0 radical (unpaired) electrons. The average molecular weight is 365 g/mol. The number of anilines is 1. The van der Waals surface area contributed by atoms with Gasteiger partial charge in [0.05, 0.1) is 12.2 Å². The van der Waals surface area contributed by atoms with E-state index in [4.69, 9.17) is 4.74 Å². The molecular formula is C18H23NO5S. The molecule has 1 aliphatic heterocycles. The van der Waals surface area contributed by atoms with Gasteiger partial charge < -0.3 is 10.1 Å². The van der Waals surface area contributed by atoms with Gasteiger partial charge in [-0.05, 0) is 23.1 Å². The van der Waals surface area contributed by atoms with Crippen molar-refractivity contribution in [3.63, 3.8) is 0 Å². The van der Waals surface area contributed by atoms with Crippen molar-refractivity contribution < 1.29 is 22.7 Å². The van der Waals surface area contributed by atoms with E-state index >= 15 is 0 Å². The lowest BCUT2D eigenvalue weighted by molar-refractivity contribution is -0.147. The molecule has 0 saturated heterocycles. The minimum absolute atomic E-state index is 0.0280. The van der Waals surface area contributed by atoms with Gasteiger partial charge in [0.15, 0.2) is 16.4 Å². The quantitative estimate of drug-likeness (QED) is 0.810. The first kappa shape index (κ1) is 19.2. The van der Waals surface area contributed by atoms with E-state index in [1.54, 1.807) is 12.1 Å². The van der Waals surface area contributed by atoms with Gasteiger partial charge in [-0.15, -0.1) is 0 Å². The highest BCUT2D eigenvalue weighted by Crippen LogP contribution is 2.23. The molecule has 0 bridgehead atoms. The number of esters is 1. The summed E-state index contributed by atoms with van der Waals surface area (Å²) in [5.41, 5.74) is 1.80. The fourth-order valence-electron chi connectivity index (χ4n) is 2.44. The molecule has 1 heterocycles.